The van der Waals surface area contributed by atoms with Crippen LogP contribution in [0.1, 0.15) is 96.1 Å². The molecule has 3 N–H and O–H groups in total. The number of ether oxygens (including phenoxy) is 4. The molecule has 14 nitrogen and oxygen atoms in total. The van der Waals surface area contributed by atoms with Crippen molar-refractivity contribution in [1.82, 2.24) is 15.5 Å². The van der Waals surface area contributed by atoms with Crippen molar-refractivity contribution < 1.29 is 51.7 Å². The van der Waals surface area contributed by atoms with Gasteiger partial charge in [0.2, 0.25) is 11.8 Å². The average Bonchev–Trinajstić information content (AvgIpc) is 3.53. The predicted octanol–water partition coefficient (Wildman–Crippen LogP) is 8.34. The summed E-state index contributed by atoms with van der Waals surface area (Å²) in [4.78, 5) is 67.2. The van der Waals surface area contributed by atoms with Crippen molar-refractivity contribution in [3.8, 4) is 11.8 Å². The van der Waals surface area contributed by atoms with Gasteiger partial charge in [0, 0.05) is 29.6 Å². The molecule has 0 aromatic heterocycles. The van der Waals surface area contributed by atoms with E-state index < -0.39 is 93.9 Å². The highest BCUT2D eigenvalue weighted by molar-refractivity contribution is 6.31. The molecule has 0 bridgehead atoms. The van der Waals surface area contributed by atoms with Crippen molar-refractivity contribution in [1.29, 1.82) is 5.26 Å². The molecular formula is C47H57Cl2F2N5O9. The van der Waals surface area contributed by atoms with E-state index in [4.69, 9.17) is 42.1 Å². The standard InChI is InChI=1S/C47H57Cl2F2N5O9/c1-25(2)38(55-40(57)26(3)56(10)44(61)65-46(7,8)9)43(60)64-20-19-63-42(59)27-15-18-33(34(21-27)62-11)53-41(58)39-36(29-13-12-14-31(49)37(29)51)47(24-52,35(54-39)23-45(4,5)6)30-17-16-28(48)22-32(30)50/h12-18,21-22,25-26,35-36,38-39,54H,19-20,23H2,1-11H3,(H,53,58)(H,55,57)/t26-,35-,36-,38-,39+,47-/m0/s1. The molecule has 0 spiro atoms. The smallest absolute Gasteiger partial charge is 0.410 e. The van der Waals surface area contributed by atoms with E-state index in [1.165, 1.54) is 69.6 Å². The summed E-state index contributed by atoms with van der Waals surface area (Å²) in [5, 5.41) is 19.6. The number of carbonyl (C=O) groups excluding carboxylic acids is 5. The number of esters is 2. The molecule has 4 rings (SSSR count). The minimum Gasteiger partial charge on any atom is -0.495 e. The molecule has 0 unspecified atom stereocenters. The lowest BCUT2D eigenvalue weighted by atomic mass is 9.62. The van der Waals surface area contributed by atoms with Gasteiger partial charge in [-0.2, -0.15) is 5.26 Å². The van der Waals surface area contributed by atoms with Gasteiger partial charge in [-0.3, -0.25) is 14.5 Å². The van der Waals surface area contributed by atoms with Crippen molar-refractivity contribution in [2.75, 3.05) is 32.7 Å². The number of hydrogen-bond donors (Lipinski definition) is 3. The molecule has 3 aromatic rings. The fraction of sp³-hybridized carbons (Fsp3) is 0.489. The normalized spacial score (nSPS) is 19.3. The highest BCUT2D eigenvalue weighted by atomic mass is 35.5. The Kier molecular flexibility index (Phi) is 17.0. The number of benzene rings is 3. The van der Waals surface area contributed by atoms with Crippen LogP contribution in [0.3, 0.4) is 0 Å². The highest BCUT2D eigenvalue weighted by Gasteiger charge is 2.61. The minimum atomic E-state index is -1.86. The number of amides is 3. The third kappa shape index (κ3) is 12.4. The zero-order valence-corrected chi connectivity index (χ0v) is 39.9. The maximum absolute atomic E-state index is 16.1. The van der Waals surface area contributed by atoms with E-state index in [0.29, 0.717) is 0 Å². The van der Waals surface area contributed by atoms with Crippen LogP contribution < -0.4 is 20.7 Å². The van der Waals surface area contributed by atoms with E-state index in [2.05, 4.69) is 22.0 Å². The minimum absolute atomic E-state index is 0.00593. The number of rotatable bonds is 15. The average molecular weight is 945 g/mol. The summed E-state index contributed by atoms with van der Waals surface area (Å²) in [7, 11) is 2.71. The van der Waals surface area contributed by atoms with Gasteiger partial charge in [-0.1, -0.05) is 76.0 Å². The monoisotopic (exact) mass is 943 g/mol. The summed E-state index contributed by atoms with van der Waals surface area (Å²) in [6.07, 6.45) is -0.458. The first-order chi connectivity index (χ1) is 30.3. The second-order valence-corrected chi connectivity index (χ2v) is 19.2. The number of nitriles is 1. The Morgan fingerprint density at radius 1 is 0.954 bits per heavy atom. The summed E-state index contributed by atoms with van der Waals surface area (Å²) in [6.45, 7) is 15.0. The van der Waals surface area contributed by atoms with Gasteiger partial charge in [0.05, 0.1) is 35.5 Å². The summed E-state index contributed by atoms with van der Waals surface area (Å²) in [5.41, 5.74) is -3.16. The van der Waals surface area contributed by atoms with Crippen LogP contribution in [0.5, 0.6) is 5.75 Å². The van der Waals surface area contributed by atoms with Crippen LogP contribution in [0, 0.1) is 34.3 Å². The van der Waals surface area contributed by atoms with Gasteiger partial charge in [-0.25, -0.2) is 23.2 Å². The number of halogens is 4. The topological polar surface area (TPSA) is 185 Å². The zero-order valence-electron chi connectivity index (χ0n) is 38.4. The molecule has 3 aromatic carbocycles. The Hall–Kier alpha value is -5.50. The van der Waals surface area contributed by atoms with Crippen molar-refractivity contribution >= 4 is 58.7 Å². The third-order valence-electron chi connectivity index (χ3n) is 10.8. The number of carbonyl (C=O) groups is 5. The molecule has 1 heterocycles. The molecule has 6 atom stereocenters. The molecule has 352 valence electrons. The van der Waals surface area contributed by atoms with Gasteiger partial charge in [0.15, 0.2) is 0 Å². The van der Waals surface area contributed by atoms with Crippen LogP contribution >= 0.6 is 23.2 Å². The van der Waals surface area contributed by atoms with Gasteiger partial charge in [0.1, 0.15) is 53.7 Å². The molecule has 0 aliphatic carbocycles. The number of likely N-dealkylation sites (N-methyl/N-ethyl adjacent to an activating group) is 1. The molecule has 1 fully saturated rings. The lowest BCUT2D eigenvalue weighted by Gasteiger charge is -2.37. The van der Waals surface area contributed by atoms with E-state index in [-0.39, 0.29) is 57.8 Å². The van der Waals surface area contributed by atoms with Gasteiger partial charge >= 0.3 is 18.0 Å². The molecule has 65 heavy (non-hydrogen) atoms. The van der Waals surface area contributed by atoms with Crippen molar-refractivity contribution in [3.63, 3.8) is 0 Å². The van der Waals surface area contributed by atoms with E-state index >= 15 is 8.78 Å². The maximum Gasteiger partial charge on any atom is 0.410 e. The third-order valence-corrected chi connectivity index (χ3v) is 11.4. The number of nitrogens with zero attached hydrogens (tertiary/aromatic N) is 2. The van der Waals surface area contributed by atoms with Gasteiger partial charge in [-0.15, -0.1) is 0 Å². The van der Waals surface area contributed by atoms with E-state index in [1.807, 2.05) is 20.8 Å². The quantitative estimate of drug-likeness (QED) is 0.0756. The Labute approximate surface area is 388 Å². The number of hydrogen-bond acceptors (Lipinski definition) is 11. The summed E-state index contributed by atoms with van der Waals surface area (Å²) < 4.78 is 53.7. The van der Waals surface area contributed by atoms with Crippen LogP contribution in [0.4, 0.5) is 19.3 Å². The van der Waals surface area contributed by atoms with E-state index in [1.54, 1.807) is 34.6 Å². The first kappa shape index (κ1) is 52.1. The van der Waals surface area contributed by atoms with Crippen LogP contribution in [0.15, 0.2) is 54.6 Å². The maximum atomic E-state index is 16.1. The summed E-state index contributed by atoms with van der Waals surface area (Å²) >= 11 is 12.4. The molecule has 18 heteroatoms. The molecule has 1 aliphatic heterocycles. The molecule has 3 amide bonds. The number of anilines is 1. The summed E-state index contributed by atoms with van der Waals surface area (Å²) in [5.74, 6) is -6.34. The fourth-order valence-electron chi connectivity index (χ4n) is 7.58. The fourth-order valence-corrected chi connectivity index (χ4v) is 7.92. The number of nitrogens with one attached hydrogen (secondary N) is 3. The highest BCUT2D eigenvalue weighted by Crippen LogP contribution is 2.53. The molecular weight excluding hydrogens is 887 g/mol. The second-order valence-electron chi connectivity index (χ2n) is 18.4. The Bertz CT molecular complexity index is 2310. The molecule has 0 saturated carbocycles. The Morgan fingerprint density at radius 2 is 1.62 bits per heavy atom. The van der Waals surface area contributed by atoms with E-state index in [9.17, 15) is 29.2 Å². The first-order valence-electron chi connectivity index (χ1n) is 20.9. The lowest BCUT2D eigenvalue weighted by molar-refractivity contribution is -0.150. The molecule has 0 radical (unpaired) electrons. The van der Waals surface area contributed by atoms with Gasteiger partial charge < -0.3 is 34.9 Å². The van der Waals surface area contributed by atoms with Gasteiger partial charge in [0.25, 0.3) is 0 Å². The van der Waals surface area contributed by atoms with E-state index in [0.717, 1.165) is 11.0 Å². The van der Waals surface area contributed by atoms with Crippen LogP contribution in [-0.4, -0.2) is 91.9 Å². The lowest BCUT2D eigenvalue weighted by Crippen LogP contribution is -2.53. The molecule has 1 aliphatic rings. The summed E-state index contributed by atoms with van der Waals surface area (Å²) in [6, 6.07) is 10.1. The van der Waals surface area contributed by atoms with Crippen LogP contribution in [0.2, 0.25) is 10.0 Å². The van der Waals surface area contributed by atoms with Crippen molar-refractivity contribution in [2.24, 2.45) is 11.3 Å². The van der Waals surface area contributed by atoms with Crippen LogP contribution in [0.25, 0.3) is 0 Å². The molecule has 1 saturated heterocycles. The zero-order chi connectivity index (χ0) is 48.8. The first-order valence-corrected chi connectivity index (χ1v) is 21.7. The SMILES string of the molecule is COc1cc(C(=O)OCCOC(=O)[C@@H](NC(=O)[C@H](C)N(C)C(=O)OC(C)(C)C)C(C)C)ccc1NC(=O)[C@@H]1N[C@@H](CC(C)(C)C)[C@](C#N)(c2ccc(Cl)cc2F)[C@H]1c1cccc(Cl)c1F. The van der Waals surface area contributed by atoms with Crippen LogP contribution in [-0.2, 0) is 34.0 Å². The van der Waals surface area contributed by atoms with Gasteiger partial charge in [-0.05, 0) is 87.4 Å². The van der Waals surface area contributed by atoms with Crippen molar-refractivity contribution in [3.05, 3.63) is 93.0 Å². The Balaban J connectivity index is 1.51. The predicted molar refractivity (Wildman–Crippen MR) is 241 cm³/mol. The van der Waals surface area contributed by atoms with Crippen molar-refractivity contribution in [2.45, 2.75) is 110 Å². The largest absolute Gasteiger partial charge is 0.495 e. The Morgan fingerprint density at radius 3 is 2.20 bits per heavy atom. The second kappa shape index (κ2) is 21.2. The number of methoxy groups -OCH3 is 1.